The fourth-order valence-corrected chi connectivity index (χ4v) is 7.86. The summed E-state index contributed by atoms with van der Waals surface area (Å²) >= 11 is 0. The van der Waals surface area contributed by atoms with E-state index in [1.54, 1.807) is 0 Å². The summed E-state index contributed by atoms with van der Waals surface area (Å²) < 4.78 is 13.3. The third kappa shape index (κ3) is 3.28. The Balaban J connectivity index is 1.31. The molecule has 0 atom stereocenters. The summed E-state index contributed by atoms with van der Waals surface area (Å²) in [5.41, 5.74) is 7.41. The standard InChI is InChI=1S/C40H24B2O2/c1-3-11-27(12-4-1)41-31-15-7-9-17-33(31)43-35-23-25-20-22-30-38-26(19-21-29(37(25)38)39(35)41)24-36-40(30)42(28-13-5-2-6-14-28)32-16-8-10-18-34(32)44-36/h1-24H. The zero-order valence-corrected chi connectivity index (χ0v) is 23.8. The number of hydrogen-bond donors (Lipinski definition) is 0. The van der Waals surface area contributed by atoms with E-state index in [2.05, 4.69) is 146 Å². The lowest BCUT2D eigenvalue weighted by Gasteiger charge is -2.31. The molecular formula is C40H24B2O2. The van der Waals surface area contributed by atoms with E-state index in [9.17, 15) is 0 Å². The number of para-hydroxylation sites is 2. The molecule has 0 radical (unpaired) electrons. The molecule has 0 aromatic heterocycles. The van der Waals surface area contributed by atoms with Gasteiger partial charge in [-0.15, -0.1) is 0 Å². The lowest BCUT2D eigenvalue weighted by molar-refractivity contribution is 0.488. The molecule has 0 fully saturated rings. The van der Waals surface area contributed by atoms with Gasteiger partial charge in [0.15, 0.2) is 0 Å². The molecule has 0 aliphatic carbocycles. The summed E-state index contributed by atoms with van der Waals surface area (Å²) in [7, 11) is 0. The van der Waals surface area contributed by atoms with Gasteiger partial charge in [-0.25, -0.2) is 0 Å². The average molecular weight is 558 g/mol. The van der Waals surface area contributed by atoms with E-state index < -0.39 is 0 Å². The molecule has 0 amide bonds. The highest BCUT2D eigenvalue weighted by atomic mass is 16.5. The van der Waals surface area contributed by atoms with Gasteiger partial charge in [0.05, 0.1) is 0 Å². The van der Waals surface area contributed by atoms with E-state index in [-0.39, 0.29) is 13.4 Å². The number of rotatable bonds is 2. The van der Waals surface area contributed by atoms with Gasteiger partial charge >= 0.3 is 0 Å². The highest BCUT2D eigenvalue weighted by molar-refractivity contribution is 6.99. The van der Waals surface area contributed by atoms with Crippen LogP contribution >= 0.6 is 0 Å². The second-order valence-electron chi connectivity index (χ2n) is 12.0. The Kier molecular flexibility index (Phi) is 4.92. The normalized spacial score (nSPS) is 13.3. The minimum Gasteiger partial charge on any atom is -0.458 e. The fraction of sp³-hybridized carbons (Fsp3) is 0. The Labute approximate surface area is 256 Å². The molecule has 0 saturated heterocycles. The van der Waals surface area contributed by atoms with E-state index in [0.717, 1.165) is 23.0 Å². The Bertz CT molecular complexity index is 2230. The lowest BCUT2D eigenvalue weighted by atomic mass is 9.35. The highest BCUT2D eigenvalue weighted by Gasteiger charge is 2.37. The van der Waals surface area contributed by atoms with Crippen LogP contribution in [0.1, 0.15) is 0 Å². The lowest BCUT2D eigenvalue weighted by Crippen LogP contribution is -2.55. The summed E-state index contributed by atoms with van der Waals surface area (Å²) in [5, 5.41) is 7.44. The van der Waals surface area contributed by atoms with Crippen molar-refractivity contribution in [3.63, 3.8) is 0 Å². The second-order valence-corrected chi connectivity index (χ2v) is 12.0. The topological polar surface area (TPSA) is 18.5 Å². The average Bonchev–Trinajstić information content (AvgIpc) is 3.08. The largest absolute Gasteiger partial charge is 0.458 e. The maximum Gasteiger partial charge on any atom is 0.251 e. The van der Waals surface area contributed by atoms with Crippen LogP contribution in [0.25, 0.3) is 32.3 Å². The predicted molar refractivity (Wildman–Crippen MR) is 185 cm³/mol. The first kappa shape index (κ1) is 24.0. The summed E-state index contributed by atoms with van der Waals surface area (Å²) in [5.74, 6) is 3.73. The Morgan fingerprint density at radius 2 is 0.773 bits per heavy atom. The molecule has 0 spiro atoms. The minimum atomic E-state index is 0.0712. The molecule has 10 rings (SSSR count). The predicted octanol–water partition coefficient (Wildman–Crippen LogP) is 5.83. The van der Waals surface area contributed by atoms with Crippen molar-refractivity contribution in [1.29, 1.82) is 0 Å². The van der Waals surface area contributed by atoms with E-state index >= 15 is 0 Å². The van der Waals surface area contributed by atoms with Gasteiger partial charge in [-0.05, 0) is 78.4 Å². The smallest absolute Gasteiger partial charge is 0.251 e. The van der Waals surface area contributed by atoms with Crippen LogP contribution in [0, 0.1) is 0 Å². The molecule has 0 N–H and O–H groups in total. The third-order valence-corrected chi connectivity index (χ3v) is 9.65. The summed E-state index contributed by atoms with van der Waals surface area (Å²) in [6, 6.07) is 52.3. The van der Waals surface area contributed by atoms with Gasteiger partial charge in [0.25, 0.3) is 13.4 Å². The minimum absolute atomic E-state index is 0.0712. The van der Waals surface area contributed by atoms with E-state index in [0.29, 0.717) is 0 Å². The first-order valence-electron chi connectivity index (χ1n) is 15.3. The Hall–Kier alpha value is -5.47. The van der Waals surface area contributed by atoms with Crippen molar-refractivity contribution in [2.75, 3.05) is 0 Å². The molecule has 8 aromatic rings. The van der Waals surface area contributed by atoms with Gasteiger partial charge in [0.2, 0.25) is 0 Å². The number of fused-ring (bicyclic) bond motifs is 6. The van der Waals surface area contributed by atoms with Crippen molar-refractivity contribution in [2.45, 2.75) is 0 Å². The zero-order valence-electron chi connectivity index (χ0n) is 23.8. The molecule has 0 saturated carbocycles. The molecule has 44 heavy (non-hydrogen) atoms. The Morgan fingerprint density at radius 1 is 0.364 bits per heavy atom. The van der Waals surface area contributed by atoms with Crippen molar-refractivity contribution in [2.24, 2.45) is 0 Å². The van der Waals surface area contributed by atoms with Gasteiger partial charge in [0, 0.05) is 0 Å². The quantitative estimate of drug-likeness (QED) is 0.197. The molecule has 0 unspecified atom stereocenters. The molecule has 202 valence electrons. The summed E-state index contributed by atoms with van der Waals surface area (Å²) in [6.45, 7) is 0.142. The maximum absolute atomic E-state index is 6.66. The molecule has 8 aromatic carbocycles. The van der Waals surface area contributed by atoms with Crippen molar-refractivity contribution < 1.29 is 9.47 Å². The first-order chi connectivity index (χ1) is 21.8. The van der Waals surface area contributed by atoms with Gasteiger partial charge in [0.1, 0.15) is 23.0 Å². The van der Waals surface area contributed by atoms with Crippen molar-refractivity contribution in [1.82, 2.24) is 0 Å². The monoisotopic (exact) mass is 558 g/mol. The summed E-state index contributed by atoms with van der Waals surface area (Å²) in [4.78, 5) is 0. The van der Waals surface area contributed by atoms with Gasteiger partial charge < -0.3 is 9.47 Å². The second kappa shape index (κ2) is 9.02. The van der Waals surface area contributed by atoms with Crippen LogP contribution in [0.3, 0.4) is 0 Å². The van der Waals surface area contributed by atoms with Crippen LogP contribution in [-0.2, 0) is 0 Å². The van der Waals surface area contributed by atoms with Crippen LogP contribution in [-0.4, -0.2) is 13.4 Å². The van der Waals surface area contributed by atoms with Gasteiger partial charge in [-0.3, -0.25) is 0 Å². The SMILES string of the molecule is c1ccc(B2c3ccccc3Oc3cc4ccc5c6c(cc7ccc(c32)c4c75)Oc2ccccc2B6c2ccccc2)cc1. The highest BCUT2D eigenvalue weighted by Crippen LogP contribution is 2.41. The number of ether oxygens (including phenoxy) is 2. The van der Waals surface area contributed by atoms with Crippen LogP contribution in [0.2, 0.25) is 0 Å². The Morgan fingerprint density at radius 3 is 1.23 bits per heavy atom. The van der Waals surface area contributed by atoms with Crippen molar-refractivity contribution in [3.8, 4) is 23.0 Å². The zero-order chi connectivity index (χ0) is 28.8. The van der Waals surface area contributed by atoms with E-state index in [4.69, 9.17) is 9.47 Å². The summed E-state index contributed by atoms with van der Waals surface area (Å²) in [6.07, 6.45) is 0. The van der Waals surface area contributed by atoms with Gasteiger partial charge in [-0.1, -0.05) is 132 Å². The van der Waals surface area contributed by atoms with Crippen molar-refractivity contribution in [3.05, 3.63) is 146 Å². The van der Waals surface area contributed by atoms with Crippen molar-refractivity contribution >= 4 is 78.5 Å². The first-order valence-corrected chi connectivity index (χ1v) is 15.3. The molecule has 2 nitrogen and oxygen atoms in total. The van der Waals surface area contributed by atoms with Crippen LogP contribution in [0.4, 0.5) is 0 Å². The molecule has 0 bridgehead atoms. The van der Waals surface area contributed by atoms with Crippen LogP contribution in [0.5, 0.6) is 23.0 Å². The van der Waals surface area contributed by atoms with Gasteiger partial charge in [-0.2, -0.15) is 0 Å². The van der Waals surface area contributed by atoms with Crippen LogP contribution in [0.15, 0.2) is 146 Å². The molecule has 2 aliphatic rings. The molecule has 2 heterocycles. The van der Waals surface area contributed by atoms with E-state index in [1.165, 1.54) is 65.1 Å². The molecule has 4 heteroatoms. The van der Waals surface area contributed by atoms with Crippen LogP contribution < -0.4 is 42.3 Å². The molecule has 2 aliphatic heterocycles. The third-order valence-electron chi connectivity index (χ3n) is 9.65. The maximum atomic E-state index is 6.66. The van der Waals surface area contributed by atoms with E-state index in [1.807, 2.05) is 0 Å². The molecular weight excluding hydrogens is 534 g/mol. The number of hydrogen-bond acceptors (Lipinski definition) is 2. The number of benzene rings is 8. The fourth-order valence-electron chi connectivity index (χ4n) is 7.86.